The monoisotopic (exact) mass is 662 g/mol. The number of para-hydroxylation sites is 1. The maximum atomic E-state index is 14.0. The van der Waals surface area contributed by atoms with Gasteiger partial charge in [-0.25, -0.2) is 0 Å². The molecule has 6 atom stereocenters. The number of amides is 1. The number of hydrogen-bond donors (Lipinski definition) is 1. The number of nitrogens with one attached hydrogen (secondary N) is 1. The van der Waals surface area contributed by atoms with E-state index < -0.39 is 13.0 Å². The third-order valence-corrected chi connectivity index (χ3v) is 11.5. The lowest BCUT2D eigenvalue weighted by molar-refractivity contribution is -0.199. The minimum Gasteiger partial charge on any atom is -0.404 e. The minimum atomic E-state index is -0.474. The smallest absolute Gasteiger partial charge is 0.404 e. The van der Waals surface area contributed by atoms with Crippen molar-refractivity contribution in [2.45, 2.75) is 105 Å². The van der Waals surface area contributed by atoms with Gasteiger partial charge in [0.2, 0.25) is 5.91 Å². The van der Waals surface area contributed by atoms with E-state index in [2.05, 4.69) is 98.5 Å². The Morgan fingerprint density at radius 1 is 1.00 bits per heavy atom. The fourth-order valence-electron chi connectivity index (χ4n) is 8.68. The second-order valence-electron chi connectivity index (χ2n) is 15.4. The van der Waals surface area contributed by atoms with Crippen LogP contribution in [-0.2, 0) is 25.4 Å². The molecule has 44 heavy (non-hydrogen) atoms. The van der Waals surface area contributed by atoms with Gasteiger partial charge in [0.15, 0.2) is 5.78 Å². The Morgan fingerprint density at radius 2 is 1.70 bits per heavy atom. The molecule has 1 aliphatic heterocycles. The molecule has 3 aliphatic carbocycles. The van der Waals surface area contributed by atoms with E-state index in [4.69, 9.17) is 9.31 Å². The lowest BCUT2D eigenvalue weighted by Gasteiger charge is -2.64. The molecular weight excluding hydrogens is 615 g/mol. The highest BCUT2D eigenvalue weighted by atomic mass is 79.9. The van der Waals surface area contributed by atoms with Gasteiger partial charge in [0.05, 0.1) is 29.7 Å². The third-order valence-electron chi connectivity index (χ3n) is 11.0. The number of fused-ring (bicyclic) bond motifs is 3. The maximum absolute atomic E-state index is 14.0. The fourth-order valence-corrected chi connectivity index (χ4v) is 9.03. The number of benzene rings is 2. The first-order chi connectivity index (χ1) is 20.8. The van der Waals surface area contributed by atoms with E-state index in [0.29, 0.717) is 24.2 Å². The first-order valence-electron chi connectivity index (χ1n) is 16.6. The summed E-state index contributed by atoms with van der Waals surface area (Å²) in [6.45, 7) is 15.7. The highest BCUT2D eigenvalue weighted by Crippen LogP contribution is 2.65. The van der Waals surface area contributed by atoms with Crippen LogP contribution in [0.1, 0.15) is 80.6 Å². The average Bonchev–Trinajstić information content (AvgIpc) is 3.46. The number of rotatable bonds is 11. The molecule has 0 radical (unpaired) electrons. The Kier molecular flexibility index (Phi) is 8.60. The highest BCUT2D eigenvalue weighted by molar-refractivity contribution is 9.10. The first-order valence-corrected chi connectivity index (χ1v) is 17.4. The lowest BCUT2D eigenvalue weighted by Crippen LogP contribution is -2.65. The van der Waals surface area contributed by atoms with Crippen molar-refractivity contribution in [1.29, 1.82) is 0 Å². The lowest BCUT2D eigenvalue weighted by atomic mass is 9.43. The number of carbonyl (C=O) groups excluding carboxylic acids is 2. The molecular formula is C36H48BBrN2O4. The van der Waals surface area contributed by atoms with Gasteiger partial charge in [-0.15, -0.1) is 0 Å². The van der Waals surface area contributed by atoms with E-state index >= 15 is 0 Å². The summed E-state index contributed by atoms with van der Waals surface area (Å²) in [7, 11) is -0.474. The van der Waals surface area contributed by atoms with Crippen molar-refractivity contribution in [3.8, 4) is 0 Å². The first kappa shape index (κ1) is 31.8. The summed E-state index contributed by atoms with van der Waals surface area (Å²) < 4.78 is 16.5. The van der Waals surface area contributed by atoms with E-state index in [1.54, 1.807) is 0 Å². The van der Waals surface area contributed by atoms with Gasteiger partial charge in [-0.1, -0.05) is 81.7 Å². The SMILES string of the molecule is CC(C)C[C@H](CC(=O)Cn1c2ccccc2c2ccc(Br)cc21)C(=O)N[C@@H](CC(C)C)B1O[C@@H]2C[C@@H]3C[C@@H](C3(C)C)[C@]2(C)O1. The molecule has 1 saturated heterocycles. The highest BCUT2D eigenvalue weighted by Gasteiger charge is 2.68. The molecule has 7 rings (SSSR count). The zero-order valence-electron chi connectivity index (χ0n) is 27.4. The molecule has 8 heteroatoms. The van der Waals surface area contributed by atoms with Crippen LogP contribution < -0.4 is 5.32 Å². The Morgan fingerprint density at radius 3 is 2.41 bits per heavy atom. The normalized spacial score (nSPS) is 27.0. The molecule has 2 heterocycles. The molecule has 1 amide bonds. The van der Waals surface area contributed by atoms with Gasteiger partial charge in [0.25, 0.3) is 0 Å². The van der Waals surface area contributed by atoms with Crippen LogP contribution in [0.3, 0.4) is 0 Å². The number of Topliss-reactive ketones (excluding diaryl/α,β-unsaturated/α-hetero) is 1. The molecule has 0 unspecified atom stereocenters. The van der Waals surface area contributed by atoms with Crippen LogP contribution in [0.5, 0.6) is 0 Å². The third kappa shape index (κ3) is 5.68. The summed E-state index contributed by atoms with van der Waals surface area (Å²) in [5.41, 5.74) is 1.98. The van der Waals surface area contributed by atoms with Crippen molar-refractivity contribution in [2.75, 3.05) is 0 Å². The van der Waals surface area contributed by atoms with Crippen LogP contribution in [0.2, 0.25) is 0 Å². The molecule has 236 valence electrons. The largest absolute Gasteiger partial charge is 0.481 e. The van der Waals surface area contributed by atoms with E-state index in [-0.39, 0.29) is 53.6 Å². The summed E-state index contributed by atoms with van der Waals surface area (Å²) in [6.07, 6.45) is 3.88. The van der Waals surface area contributed by atoms with Crippen LogP contribution >= 0.6 is 15.9 Å². The van der Waals surface area contributed by atoms with Gasteiger partial charge in [-0.2, -0.15) is 0 Å². The predicted octanol–water partition coefficient (Wildman–Crippen LogP) is 7.98. The van der Waals surface area contributed by atoms with Crippen molar-refractivity contribution in [1.82, 2.24) is 9.88 Å². The van der Waals surface area contributed by atoms with Gasteiger partial charge in [-0.05, 0) is 79.9 Å². The fraction of sp³-hybridized carbons (Fsp3) is 0.611. The van der Waals surface area contributed by atoms with Crippen LogP contribution in [0.15, 0.2) is 46.9 Å². The second kappa shape index (κ2) is 11.9. The summed E-state index contributed by atoms with van der Waals surface area (Å²) in [5, 5.41) is 5.60. The van der Waals surface area contributed by atoms with E-state index in [1.165, 1.54) is 6.42 Å². The van der Waals surface area contributed by atoms with Gasteiger partial charge in [0, 0.05) is 33.1 Å². The van der Waals surface area contributed by atoms with Crippen molar-refractivity contribution < 1.29 is 18.9 Å². The second-order valence-corrected chi connectivity index (χ2v) is 16.3. The molecule has 3 saturated carbocycles. The van der Waals surface area contributed by atoms with Gasteiger partial charge in [-0.3, -0.25) is 9.59 Å². The standard InChI is InChI=1S/C36H48BBrN2O4/c1-21(2)14-23(16-26(41)20-40-29-11-9-8-10-27(29)28-13-12-25(38)19-30(28)40)34(42)39-33(15-22(3)4)37-43-32-18-24-17-31(35(24,5)6)36(32,7)44-37/h8-13,19,21-24,31-33H,14-18,20H2,1-7H3,(H,39,42)/t23-,24+,31+,32-,33+,36+/m1/s1. The quantitative estimate of drug-likeness (QED) is 0.211. The Hall–Kier alpha value is -2.16. The molecule has 4 aliphatic rings. The Labute approximate surface area is 271 Å². The van der Waals surface area contributed by atoms with Gasteiger partial charge < -0.3 is 19.2 Å². The summed E-state index contributed by atoms with van der Waals surface area (Å²) in [5.74, 6) is 1.08. The van der Waals surface area contributed by atoms with E-state index in [1.807, 2.05) is 18.2 Å². The zero-order chi connectivity index (χ0) is 31.6. The van der Waals surface area contributed by atoms with Crippen molar-refractivity contribution in [3.63, 3.8) is 0 Å². The number of nitrogens with zero attached hydrogens (tertiary/aromatic N) is 1. The number of hydrogen-bond acceptors (Lipinski definition) is 4. The number of halogens is 1. The summed E-state index contributed by atoms with van der Waals surface area (Å²) in [4.78, 5) is 27.8. The molecule has 4 fully saturated rings. The van der Waals surface area contributed by atoms with Crippen LogP contribution in [0.25, 0.3) is 21.8 Å². The summed E-state index contributed by atoms with van der Waals surface area (Å²) >= 11 is 3.61. The molecule has 3 aromatic rings. The minimum absolute atomic E-state index is 0.0581. The van der Waals surface area contributed by atoms with Gasteiger partial charge >= 0.3 is 7.12 Å². The van der Waals surface area contributed by atoms with E-state index in [0.717, 1.165) is 39.1 Å². The molecule has 6 nitrogen and oxygen atoms in total. The number of ketones is 1. The van der Waals surface area contributed by atoms with Crippen LogP contribution in [0.4, 0.5) is 0 Å². The Balaban J connectivity index is 1.19. The molecule has 0 spiro atoms. The number of carbonyl (C=O) groups is 2. The zero-order valence-corrected chi connectivity index (χ0v) is 28.9. The van der Waals surface area contributed by atoms with Crippen molar-refractivity contribution in [2.24, 2.45) is 35.0 Å². The Bertz CT molecular complexity index is 1570. The number of aromatic nitrogens is 1. The molecule has 1 aromatic heterocycles. The van der Waals surface area contributed by atoms with E-state index in [9.17, 15) is 9.59 Å². The molecule has 1 N–H and O–H groups in total. The molecule has 2 bridgehead atoms. The average molecular weight is 664 g/mol. The summed E-state index contributed by atoms with van der Waals surface area (Å²) in [6, 6.07) is 14.4. The predicted molar refractivity (Wildman–Crippen MR) is 181 cm³/mol. The topological polar surface area (TPSA) is 69.6 Å². The van der Waals surface area contributed by atoms with Crippen molar-refractivity contribution in [3.05, 3.63) is 46.9 Å². The van der Waals surface area contributed by atoms with Crippen LogP contribution in [-0.4, -0.2) is 41.0 Å². The van der Waals surface area contributed by atoms with Crippen LogP contribution in [0, 0.1) is 35.0 Å². The van der Waals surface area contributed by atoms with Gasteiger partial charge in [0.1, 0.15) is 0 Å². The molecule has 2 aromatic carbocycles. The maximum Gasteiger partial charge on any atom is 0.481 e. The van der Waals surface area contributed by atoms with Crippen molar-refractivity contribution >= 4 is 56.5 Å².